The molecule has 0 radical (unpaired) electrons. The van der Waals surface area contributed by atoms with Crippen LogP contribution in [0, 0.1) is 12.8 Å². The molecule has 8 atom stereocenters. The van der Waals surface area contributed by atoms with E-state index in [1.54, 1.807) is 30.6 Å². The van der Waals surface area contributed by atoms with Crippen molar-refractivity contribution in [2.45, 2.75) is 113 Å². The number of nitrogens with one attached hydrogen (secondary N) is 2. The van der Waals surface area contributed by atoms with E-state index < -0.39 is 91.2 Å². The fraction of sp³-hybridized carbons (Fsp3) is 0.431. The molecule has 1 saturated heterocycles. The number of carboxylic acid groups (broad SMARTS) is 1. The normalized spacial score (nSPS) is 21.9. The predicted molar refractivity (Wildman–Crippen MR) is 254 cm³/mol. The summed E-state index contributed by atoms with van der Waals surface area (Å²) in [6.45, 7) is -0.341. The number of benzene rings is 3. The Hall–Kier alpha value is -6.33. The number of hydrogen-bond acceptors (Lipinski definition) is 17. The smallest absolute Gasteiger partial charge is 0.327 e. The highest BCUT2D eigenvalue weighted by atomic mass is 16.8. The second-order valence-corrected chi connectivity index (χ2v) is 18.3. The second-order valence-electron chi connectivity index (χ2n) is 18.3. The summed E-state index contributed by atoms with van der Waals surface area (Å²) in [5, 5.41) is 101. The molecule has 380 valence electrons. The molecule has 2 aliphatic rings. The summed E-state index contributed by atoms with van der Waals surface area (Å²) in [5.41, 5.74) is 1.36. The largest absolute Gasteiger partial charge is 0.508 e. The van der Waals surface area contributed by atoms with Gasteiger partial charge < -0.3 is 74.4 Å². The van der Waals surface area contributed by atoms with Crippen molar-refractivity contribution in [3.05, 3.63) is 107 Å². The zero-order valence-electron chi connectivity index (χ0n) is 38.8. The lowest BCUT2D eigenvalue weighted by molar-refractivity contribution is -0.356. The number of aromatic hydroxyl groups is 1. The number of unbranched alkanes of at least 4 members (excludes halogenated alkanes) is 1. The van der Waals surface area contributed by atoms with E-state index in [-0.39, 0.29) is 34.6 Å². The maximum Gasteiger partial charge on any atom is 0.327 e. The van der Waals surface area contributed by atoms with E-state index in [1.807, 2.05) is 25.1 Å². The number of aliphatic hydroxyl groups excluding tert-OH is 5. The van der Waals surface area contributed by atoms with Crippen LogP contribution in [0.2, 0.25) is 0 Å². The monoisotopic (exact) mass is 985 g/mol. The highest BCUT2D eigenvalue weighted by molar-refractivity contribution is 5.96. The fourth-order valence-corrected chi connectivity index (χ4v) is 9.62. The lowest BCUT2D eigenvalue weighted by Gasteiger charge is -2.46. The summed E-state index contributed by atoms with van der Waals surface area (Å²) < 4.78 is 25.0. The Kier molecular flexibility index (Phi) is 15.5. The zero-order chi connectivity index (χ0) is 50.6. The molecule has 0 bridgehead atoms. The number of carbonyl (C=O) groups is 2. The molecule has 3 aromatic heterocycles. The van der Waals surface area contributed by atoms with E-state index in [0.717, 1.165) is 36.8 Å². The van der Waals surface area contributed by atoms with E-state index in [2.05, 4.69) is 10.3 Å². The summed E-state index contributed by atoms with van der Waals surface area (Å²) in [6, 6.07) is 17.3. The van der Waals surface area contributed by atoms with Crippen molar-refractivity contribution >= 4 is 33.8 Å². The number of carboxylic acids is 1. The summed E-state index contributed by atoms with van der Waals surface area (Å²) in [6.07, 6.45) is -0.966. The van der Waals surface area contributed by atoms with Gasteiger partial charge >= 0.3 is 11.9 Å². The number of phenols is 1. The van der Waals surface area contributed by atoms with Gasteiger partial charge in [0.25, 0.3) is 5.79 Å². The van der Waals surface area contributed by atoms with Gasteiger partial charge in [0.05, 0.1) is 22.7 Å². The van der Waals surface area contributed by atoms with Crippen LogP contribution >= 0.6 is 0 Å². The molecular formula is C51H59N3O17. The van der Waals surface area contributed by atoms with Crippen molar-refractivity contribution in [3.8, 4) is 33.9 Å². The minimum absolute atomic E-state index is 0.000430. The number of aromatic amines is 1. The number of fused-ring (bicyclic) bond motifs is 2. The fourth-order valence-electron chi connectivity index (χ4n) is 9.62. The highest BCUT2D eigenvalue weighted by Gasteiger charge is 2.59. The molecule has 11 N–H and O–H groups in total. The molecular weight excluding hydrogens is 927 g/mol. The molecule has 8 rings (SSSR count). The third kappa shape index (κ3) is 10.8. The van der Waals surface area contributed by atoms with Crippen molar-refractivity contribution in [1.82, 2.24) is 15.0 Å². The molecule has 6 aromatic rings. The number of esters is 1. The number of aromatic nitrogens is 2. The summed E-state index contributed by atoms with van der Waals surface area (Å²) in [5.74, 6) is -9.60. The minimum Gasteiger partial charge on any atom is -0.508 e. The Balaban J connectivity index is 1.16. The van der Waals surface area contributed by atoms with Crippen LogP contribution in [0.3, 0.4) is 0 Å². The van der Waals surface area contributed by atoms with Gasteiger partial charge in [0.1, 0.15) is 53.6 Å². The predicted octanol–water partition coefficient (Wildman–Crippen LogP) is 2.98. The second kappa shape index (κ2) is 21.6. The minimum atomic E-state index is -3.34. The van der Waals surface area contributed by atoms with Gasteiger partial charge in [0.15, 0.2) is 17.5 Å². The third-order valence-corrected chi connectivity index (χ3v) is 13.2. The number of phenolic OH excluding ortho intramolecular Hbond substituents is 1. The molecule has 20 heteroatoms. The lowest BCUT2D eigenvalue weighted by atomic mass is 9.88. The zero-order valence-corrected chi connectivity index (χ0v) is 38.8. The van der Waals surface area contributed by atoms with Gasteiger partial charge in [0, 0.05) is 48.9 Å². The van der Waals surface area contributed by atoms with Gasteiger partial charge in [-0.2, -0.15) is 4.73 Å². The molecule has 1 aliphatic carbocycles. The van der Waals surface area contributed by atoms with Crippen LogP contribution in [0.1, 0.15) is 62.5 Å². The van der Waals surface area contributed by atoms with Crippen LogP contribution in [0.5, 0.6) is 11.5 Å². The molecule has 3 aromatic carbocycles. The van der Waals surface area contributed by atoms with E-state index in [0.29, 0.717) is 53.4 Å². The molecule has 4 heterocycles. The first kappa shape index (κ1) is 51.0. The maximum atomic E-state index is 14.0. The highest BCUT2D eigenvalue weighted by Crippen LogP contribution is 2.37. The Morgan fingerprint density at radius 2 is 1.69 bits per heavy atom. The molecule has 2 fully saturated rings. The van der Waals surface area contributed by atoms with Crippen molar-refractivity contribution in [1.29, 1.82) is 0 Å². The number of aryl methyl sites for hydroxylation is 2. The van der Waals surface area contributed by atoms with Crippen molar-refractivity contribution in [2.24, 2.45) is 5.92 Å². The molecule has 71 heavy (non-hydrogen) atoms. The van der Waals surface area contributed by atoms with Crippen LogP contribution in [0.4, 0.5) is 0 Å². The van der Waals surface area contributed by atoms with Gasteiger partial charge in [-0.15, -0.1) is 0 Å². The molecule has 0 unspecified atom stereocenters. The summed E-state index contributed by atoms with van der Waals surface area (Å²) in [4.78, 5) is 50.2. The van der Waals surface area contributed by atoms with E-state index in [9.17, 15) is 60.3 Å². The lowest BCUT2D eigenvalue weighted by Crippen LogP contribution is -2.70. The first-order valence-electron chi connectivity index (χ1n) is 23.6. The van der Waals surface area contributed by atoms with Gasteiger partial charge in [-0.3, -0.25) is 19.7 Å². The van der Waals surface area contributed by atoms with Crippen molar-refractivity contribution in [2.75, 3.05) is 19.8 Å². The van der Waals surface area contributed by atoms with Crippen LogP contribution in [-0.4, -0.2) is 136 Å². The van der Waals surface area contributed by atoms with Gasteiger partial charge in [0.2, 0.25) is 12.4 Å². The number of ether oxygens (including phenoxy) is 3. The Labute approximate surface area is 406 Å². The Bertz CT molecular complexity index is 2870. The average Bonchev–Trinajstić information content (AvgIpc) is 3.93. The number of aliphatic hydroxyl groups is 7. The summed E-state index contributed by atoms with van der Waals surface area (Å²) in [7, 11) is 0. The number of carbonyl (C=O) groups excluding carboxylic acids is 1. The van der Waals surface area contributed by atoms with Gasteiger partial charge in [-0.05, 0) is 92.6 Å². The van der Waals surface area contributed by atoms with Gasteiger partial charge in [-0.1, -0.05) is 43.0 Å². The topological polar surface area (TPSA) is 316 Å². The molecule has 0 amide bonds. The SMILES string of the molecule is Cc1cc(CCCCO)cc(-c2c3[nH]ccc3cn2O[C@@H]2[C@@H](Oc3ccc4c(=O)c(-c5ccc(O)cc5)coc4c3)O[C@@H]([C@@](O)(CO)OC(=O)[C@H](C(=O)O)[C@@](O)(CCO)NC3CCCCC3)[C@H](O)[C@H]2O)c1. The maximum absolute atomic E-state index is 14.0. The van der Waals surface area contributed by atoms with Crippen LogP contribution < -0.4 is 20.3 Å². The standard InChI is InChI=1S/C51H59N3O17/c1-28-21-29(7-5-6-19-55)23-32(22-28)41-40-31(16-18-52-40)25-54(41)71-45-43(60)44(61)46(51(66,27-57)70-48(64)39(47(62)63)50(65,17-20-56)53-33-8-3-2-4-9-33)69-49(45)68-35-14-15-36-38(24-35)67-26-37(42(36)59)30-10-12-34(58)13-11-30/h10-16,18,21-26,33,39,43-46,49,52-53,55-58,60-61,65-66H,2-9,17,19-20,27H2,1H3,(H,62,63)/t39-,43+,44+,45-,46+,49-,50-,51+/m0/s1. The molecule has 1 aliphatic heterocycles. The third-order valence-electron chi connectivity index (χ3n) is 13.2. The number of H-pyrrole nitrogens is 1. The van der Waals surface area contributed by atoms with Crippen LogP contribution in [-0.2, 0) is 25.5 Å². The van der Waals surface area contributed by atoms with Crippen molar-refractivity contribution < 1.29 is 79.0 Å². The number of rotatable bonds is 20. The average molecular weight is 986 g/mol. The first-order valence-corrected chi connectivity index (χ1v) is 23.6. The number of aliphatic carboxylic acids is 1. The van der Waals surface area contributed by atoms with E-state index in [4.69, 9.17) is 23.5 Å². The van der Waals surface area contributed by atoms with E-state index in [1.165, 1.54) is 41.3 Å². The molecule has 1 saturated carbocycles. The quantitative estimate of drug-likeness (QED) is 0.0227. The number of nitrogens with zero attached hydrogens (tertiary/aromatic N) is 1. The Morgan fingerprint density at radius 3 is 2.39 bits per heavy atom. The van der Waals surface area contributed by atoms with Gasteiger partial charge in [-0.25, -0.2) is 0 Å². The van der Waals surface area contributed by atoms with Crippen LogP contribution in [0.25, 0.3) is 44.3 Å². The summed E-state index contributed by atoms with van der Waals surface area (Å²) >= 11 is 0. The first-order chi connectivity index (χ1) is 34.1. The van der Waals surface area contributed by atoms with Crippen LogP contribution in [0.15, 0.2) is 94.6 Å². The molecule has 20 nitrogen and oxygen atoms in total. The van der Waals surface area contributed by atoms with Crippen molar-refractivity contribution in [3.63, 3.8) is 0 Å². The Morgan fingerprint density at radius 1 is 0.930 bits per heavy atom. The molecule has 0 spiro atoms. The number of hydrogen-bond donors (Lipinski definition) is 11. The van der Waals surface area contributed by atoms with E-state index >= 15 is 0 Å².